The van der Waals surface area contributed by atoms with Crippen LogP contribution in [0.3, 0.4) is 0 Å². The zero-order valence-corrected chi connectivity index (χ0v) is 7.91. The molecule has 15 heavy (non-hydrogen) atoms. The second-order valence-corrected chi connectivity index (χ2v) is 2.83. The number of hydrogen-bond donors (Lipinski definition) is 1. The third kappa shape index (κ3) is 3.16. The number of aromatic nitrogens is 1. The van der Waals surface area contributed by atoms with E-state index in [4.69, 9.17) is 5.11 Å². The number of aryl methyl sites for hydroxylation is 1. The Kier molecular flexibility index (Phi) is 3.54. The number of alkyl halides is 2. The second kappa shape index (κ2) is 4.68. The summed E-state index contributed by atoms with van der Waals surface area (Å²) in [4.78, 5) is 14.4. The first kappa shape index (κ1) is 11.4. The summed E-state index contributed by atoms with van der Waals surface area (Å²) in [6, 6.07) is 1.31. The number of hydrogen-bond acceptors (Lipinski definition) is 3. The minimum Gasteiger partial charge on any atom is -0.487 e. The Hall–Kier alpha value is -1.72. The Morgan fingerprint density at radius 1 is 1.67 bits per heavy atom. The van der Waals surface area contributed by atoms with Gasteiger partial charge in [0.25, 0.3) is 6.43 Å². The van der Waals surface area contributed by atoms with Crippen LogP contribution in [0.5, 0.6) is 5.75 Å². The van der Waals surface area contributed by atoms with Crippen molar-refractivity contribution in [3.8, 4) is 5.75 Å². The van der Waals surface area contributed by atoms with Crippen LogP contribution in [0.4, 0.5) is 8.78 Å². The average molecular weight is 217 g/mol. The molecule has 6 heteroatoms. The van der Waals surface area contributed by atoms with E-state index in [0.29, 0.717) is 5.69 Å². The van der Waals surface area contributed by atoms with E-state index in [1.807, 2.05) is 0 Å². The van der Waals surface area contributed by atoms with Crippen LogP contribution < -0.4 is 4.74 Å². The smallest absolute Gasteiger partial charge is 0.341 e. The van der Waals surface area contributed by atoms with E-state index in [0.717, 1.165) is 6.20 Å². The van der Waals surface area contributed by atoms with Crippen molar-refractivity contribution in [2.45, 2.75) is 13.3 Å². The first-order valence-corrected chi connectivity index (χ1v) is 4.11. The molecule has 1 aromatic heterocycles. The molecule has 1 heterocycles. The lowest BCUT2D eigenvalue weighted by atomic mass is 10.2. The topological polar surface area (TPSA) is 59.4 Å². The SMILES string of the molecule is Cc1cc(OCC(F)F)c(C(=O)O)cn1. The molecule has 0 fully saturated rings. The van der Waals surface area contributed by atoms with Gasteiger partial charge < -0.3 is 9.84 Å². The van der Waals surface area contributed by atoms with Crippen molar-refractivity contribution in [1.29, 1.82) is 0 Å². The van der Waals surface area contributed by atoms with Crippen LogP contribution in [0.25, 0.3) is 0 Å². The second-order valence-electron chi connectivity index (χ2n) is 2.83. The van der Waals surface area contributed by atoms with Gasteiger partial charge in [-0.15, -0.1) is 0 Å². The lowest BCUT2D eigenvalue weighted by molar-refractivity contribution is 0.0663. The number of rotatable bonds is 4. The Morgan fingerprint density at radius 2 is 2.33 bits per heavy atom. The predicted octanol–water partition coefficient (Wildman–Crippen LogP) is 1.73. The van der Waals surface area contributed by atoms with Crippen LogP contribution in [0.15, 0.2) is 12.3 Å². The molecule has 4 nitrogen and oxygen atoms in total. The fourth-order valence-corrected chi connectivity index (χ4v) is 0.968. The highest BCUT2D eigenvalue weighted by Crippen LogP contribution is 2.19. The fraction of sp³-hybridized carbons (Fsp3) is 0.333. The number of nitrogens with zero attached hydrogens (tertiary/aromatic N) is 1. The van der Waals surface area contributed by atoms with Crippen molar-refractivity contribution in [1.82, 2.24) is 4.98 Å². The summed E-state index contributed by atoms with van der Waals surface area (Å²) < 4.78 is 28.4. The van der Waals surface area contributed by atoms with Gasteiger partial charge in [-0.05, 0) is 6.92 Å². The van der Waals surface area contributed by atoms with Crippen LogP contribution in [-0.4, -0.2) is 29.1 Å². The molecule has 0 saturated heterocycles. The highest BCUT2D eigenvalue weighted by molar-refractivity contribution is 5.90. The Balaban J connectivity index is 2.92. The number of aromatic carboxylic acids is 1. The fourth-order valence-electron chi connectivity index (χ4n) is 0.968. The van der Waals surface area contributed by atoms with Gasteiger partial charge in [-0.3, -0.25) is 4.98 Å². The summed E-state index contributed by atoms with van der Waals surface area (Å²) in [5, 5.41) is 8.71. The number of carboxylic acids is 1. The highest BCUT2D eigenvalue weighted by Gasteiger charge is 2.13. The van der Waals surface area contributed by atoms with Crippen molar-refractivity contribution in [3.63, 3.8) is 0 Å². The summed E-state index contributed by atoms with van der Waals surface area (Å²) in [5.74, 6) is -1.35. The van der Waals surface area contributed by atoms with Crippen molar-refractivity contribution in [2.75, 3.05) is 6.61 Å². The normalized spacial score (nSPS) is 10.4. The molecule has 0 aromatic carbocycles. The van der Waals surface area contributed by atoms with Gasteiger partial charge >= 0.3 is 5.97 Å². The summed E-state index contributed by atoms with van der Waals surface area (Å²) in [6.07, 6.45) is -1.56. The summed E-state index contributed by atoms with van der Waals surface area (Å²) in [7, 11) is 0. The molecular weight excluding hydrogens is 208 g/mol. The predicted molar refractivity (Wildman–Crippen MR) is 47.4 cm³/mol. The molecule has 0 aliphatic carbocycles. The molecule has 0 spiro atoms. The van der Waals surface area contributed by atoms with E-state index in [1.165, 1.54) is 6.07 Å². The van der Waals surface area contributed by atoms with Crippen LogP contribution in [-0.2, 0) is 0 Å². The molecule has 1 N–H and O–H groups in total. The summed E-state index contributed by atoms with van der Waals surface area (Å²) in [5.41, 5.74) is 0.283. The first-order chi connectivity index (χ1) is 7.00. The van der Waals surface area contributed by atoms with Gasteiger partial charge in [0.05, 0.1) is 0 Å². The number of pyridine rings is 1. The molecular formula is C9H9F2NO3. The van der Waals surface area contributed by atoms with Gasteiger partial charge in [0, 0.05) is 18.0 Å². The maximum Gasteiger partial charge on any atom is 0.341 e. The van der Waals surface area contributed by atoms with E-state index < -0.39 is 19.0 Å². The molecule has 0 aliphatic heterocycles. The standard InChI is InChI=1S/C9H9F2NO3/c1-5-2-7(15-4-8(10)11)6(3-12-5)9(13)14/h2-3,8H,4H2,1H3,(H,13,14). The molecule has 0 saturated carbocycles. The van der Waals surface area contributed by atoms with E-state index in [9.17, 15) is 13.6 Å². The van der Waals surface area contributed by atoms with Crippen molar-refractivity contribution in [3.05, 3.63) is 23.5 Å². The molecule has 1 rings (SSSR count). The number of carboxylic acid groups (broad SMARTS) is 1. The van der Waals surface area contributed by atoms with Gasteiger partial charge in [-0.25, -0.2) is 13.6 Å². The third-order valence-electron chi connectivity index (χ3n) is 1.60. The maximum absolute atomic E-state index is 11.9. The number of carbonyl (C=O) groups is 1. The molecule has 82 valence electrons. The molecule has 0 unspecified atom stereocenters. The zero-order chi connectivity index (χ0) is 11.4. The molecule has 0 amide bonds. The summed E-state index contributed by atoms with van der Waals surface area (Å²) in [6.45, 7) is 0.782. The molecule has 0 aliphatic rings. The maximum atomic E-state index is 11.9. The minimum absolute atomic E-state index is 0.0877. The Labute approximate surface area is 84.5 Å². The Morgan fingerprint density at radius 3 is 2.87 bits per heavy atom. The van der Waals surface area contributed by atoms with Gasteiger partial charge in [-0.2, -0.15) is 0 Å². The van der Waals surface area contributed by atoms with E-state index >= 15 is 0 Å². The Bertz CT molecular complexity index is 368. The van der Waals surface area contributed by atoms with Crippen LogP contribution in [0.2, 0.25) is 0 Å². The molecule has 0 atom stereocenters. The molecule has 0 radical (unpaired) electrons. The van der Waals surface area contributed by atoms with Crippen LogP contribution >= 0.6 is 0 Å². The monoisotopic (exact) mass is 217 g/mol. The van der Waals surface area contributed by atoms with Crippen molar-refractivity contribution >= 4 is 5.97 Å². The van der Waals surface area contributed by atoms with Gasteiger partial charge in [0.2, 0.25) is 0 Å². The number of halogens is 2. The van der Waals surface area contributed by atoms with Crippen molar-refractivity contribution in [2.24, 2.45) is 0 Å². The lowest BCUT2D eigenvalue weighted by Gasteiger charge is -2.08. The molecule has 1 aromatic rings. The van der Waals surface area contributed by atoms with E-state index in [2.05, 4.69) is 9.72 Å². The zero-order valence-electron chi connectivity index (χ0n) is 7.91. The largest absolute Gasteiger partial charge is 0.487 e. The van der Waals surface area contributed by atoms with Gasteiger partial charge in [-0.1, -0.05) is 0 Å². The average Bonchev–Trinajstić information content (AvgIpc) is 2.14. The number of ether oxygens (including phenoxy) is 1. The minimum atomic E-state index is -2.64. The third-order valence-corrected chi connectivity index (χ3v) is 1.60. The van der Waals surface area contributed by atoms with E-state index in [-0.39, 0.29) is 11.3 Å². The van der Waals surface area contributed by atoms with Crippen LogP contribution in [0.1, 0.15) is 16.1 Å². The summed E-state index contributed by atoms with van der Waals surface area (Å²) >= 11 is 0. The first-order valence-electron chi connectivity index (χ1n) is 4.11. The van der Waals surface area contributed by atoms with Crippen molar-refractivity contribution < 1.29 is 23.4 Å². The quantitative estimate of drug-likeness (QED) is 0.834. The van der Waals surface area contributed by atoms with Crippen LogP contribution in [0, 0.1) is 6.92 Å². The molecule has 0 bridgehead atoms. The van der Waals surface area contributed by atoms with Gasteiger partial charge in [0.15, 0.2) is 0 Å². The highest BCUT2D eigenvalue weighted by atomic mass is 19.3. The van der Waals surface area contributed by atoms with E-state index in [1.54, 1.807) is 6.92 Å². The van der Waals surface area contributed by atoms with Gasteiger partial charge in [0.1, 0.15) is 17.9 Å². The lowest BCUT2D eigenvalue weighted by Crippen LogP contribution is -2.10.